The van der Waals surface area contributed by atoms with Crippen molar-refractivity contribution < 1.29 is 4.74 Å². The second-order valence-corrected chi connectivity index (χ2v) is 6.25. The zero-order valence-electron chi connectivity index (χ0n) is 13.5. The maximum atomic E-state index is 6.67. The van der Waals surface area contributed by atoms with Crippen LogP contribution in [0.4, 0.5) is 0 Å². The minimum Gasteiger partial charge on any atom is -0.496 e. The number of halogens is 1. The second-order valence-electron chi connectivity index (χ2n) is 5.72. The lowest BCUT2D eigenvalue weighted by atomic mass is 10.1. The Labute approximate surface area is 138 Å². The summed E-state index contributed by atoms with van der Waals surface area (Å²) in [6.45, 7) is 6.09. The van der Waals surface area contributed by atoms with Gasteiger partial charge in [-0.15, -0.1) is 11.6 Å². The van der Waals surface area contributed by atoms with E-state index in [0.717, 1.165) is 24.4 Å². The molecule has 0 aliphatic heterocycles. The number of alkyl halides is 1. The van der Waals surface area contributed by atoms with Crippen LogP contribution in [0.1, 0.15) is 30.4 Å². The van der Waals surface area contributed by atoms with Crippen LogP contribution in [0, 0.1) is 0 Å². The van der Waals surface area contributed by atoms with Gasteiger partial charge in [0, 0.05) is 24.7 Å². The molecule has 0 bridgehead atoms. The lowest BCUT2D eigenvalue weighted by Gasteiger charge is -2.29. The Kier molecular flexibility index (Phi) is 6.29. The van der Waals surface area contributed by atoms with Crippen molar-refractivity contribution in [1.82, 2.24) is 4.90 Å². The number of hydrogen-bond donors (Lipinski definition) is 0. The standard InChI is InChI=1S/C19H24ClNO/c1-15(2)21(13-16-9-5-4-6-10-16)14-18(20)17-11-7-8-12-19(17)22-3/h4-12,15,18H,13-14H2,1-3H3. The summed E-state index contributed by atoms with van der Waals surface area (Å²) in [4.78, 5) is 2.39. The molecule has 0 aliphatic rings. The molecule has 2 aromatic rings. The lowest BCUT2D eigenvalue weighted by Crippen LogP contribution is -2.33. The summed E-state index contributed by atoms with van der Waals surface area (Å²) < 4.78 is 5.42. The van der Waals surface area contributed by atoms with Gasteiger partial charge >= 0.3 is 0 Å². The minimum absolute atomic E-state index is 0.0951. The quantitative estimate of drug-likeness (QED) is 0.674. The highest BCUT2D eigenvalue weighted by Crippen LogP contribution is 2.30. The third-order valence-electron chi connectivity index (χ3n) is 3.83. The molecule has 1 atom stereocenters. The molecule has 0 saturated heterocycles. The summed E-state index contributed by atoms with van der Waals surface area (Å²) in [6.07, 6.45) is 0. The van der Waals surface area contributed by atoms with Crippen molar-refractivity contribution >= 4 is 11.6 Å². The van der Waals surface area contributed by atoms with Crippen LogP contribution in [-0.4, -0.2) is 24.6 Å². The predicted octanol–water partition coefficient (Wildman–Crippen LogP) is 4.89. The van der Waals surface area contributed by atoms with E-state index in [1.54, 1.807) is 7.11 Å². The molecule has 0 fully saturated rings. The number of nitrogens with zero attached hydrogens (tertiary/aromatic N) is 1. The summed E-state index contributed by atoms with van der Waals surface area (Å²) in [5.74, 6) is 0.853. The SMILES string of the molecule is COc1ccccc1C(Cl)CN(Cc1ccccc1)C(C)C. The first-order valence-corrected chi connectivity index (χ1v) is 8.10. The fourth-order valence-electron chi connectivity index (χ4n) is 2.51. The van der Waals surface area contributed by atoms with Gasteiger partial charge in [0.1, 0.15) is 5.75 Å². The van der Waals surface area contributed by atoms with Crippen LogP contribution in [0.3, 0.4) is 0 Å². The molecule has 118 valence electrons. The molecule has 0 saturated carbocycles. The van der Waals surface area contributed by atoms with E-state index < -0.39 is 0 Å². The van der Waals surface area contributed by atoms with Gasteiger partial charge in [0.25, 0.3) is 0 Å². The summed E-state index contributed by atoms with van der Waals surface area (Å²) >= 11 is 6.67. The monoisotopic (exact) mass is 317 g/mol. The Morgan fingerprint density at radius 1 is 1.00 bits per heavy atom. The van der Waals surface area contributed by atoms with Crippen LogP contribution in [0.25, 0.3) is 0 Å². The van der Waals surface area contributed by atoms with E-state index in [0.29, 0.717) is 6.04 Å². The highest BCUT2D eigenvalue weighted by Gasteiger charge is 2.19. The zero-order chi connectivity index (χ0) is 15.9. The van der Waals surface area contributed by atoms with Crippen LogP contribution >= 0.6 is 11.6 Å². The van der Waals surface area contributed by atoms with Crippen molar-refractivity contribution in [3.63, 3.8) is 0 Å². The van der Waals surface area contributed by atoms with Gasteiger partial charge in [0.2, 0.25) is 0 Å². The maximum Gasteiger partial charge on any atom is 0.123 e. The normalized spacial score (nSPS) is 12.6. The topological polar surface area (TPSA) is 12.5 Å². The largest absolute Gasteiger partial charge is 0.496 e. The number of hydrogen-bond acceptors (Lipinski definition) is 2. The summed E-state index contributed by atoms with van der Waals surface area (Å²) in [5.41, 5.74) is 2.35. The van der Waals surface area contributed by atoms with E-state index in [9.17, 15) is 0 Å². The van der Waals surface area contributed by atoms with Crippen molar-refractivity contribution in [1.29, 1.82) is 0 Å². The van der Waals surface area contributed by atoms with Gasteiger partial charge in [-0.2, -0.15) is 0 Å². The third-order valence-corrected chi connectivity index (χ3v) is 4.20. The molecule has 0 aromatic heterocycles. The van der Waals surface area contributed by atoms with Crippen LogP contribution in [0.5, 0.6) is 5.75 Å². The average Bonchev–Trinajstić information content (AvgIpc) is 2.55. The van der Waals surface area contributed by atoms with Gasteiger partial charge in [-0.3, -0.25) is 4.90 Å². The molecule has 0 amide bonds. The second kappa shape index (κ2) is 8.21. The zero-order valence-corrected chi connectivity index (χ0v) is 14.3. The maximum absolute atomic E-state index is 6.67. The number of para-hydroxylation sites is 1. The molecule has 0 radical (unpaired) electrons. The van der Waals surface area contributed by atoms with Crippen molar-refractivity contribution in [3.05, 3.63) is 65.7 Å². The molecular formula is C19H24ClNO. The smallest absolute Gasteiger partial charge is 0.123 e. The van der Waals surface area contributed by atoms with E-state index in [1.807, 2.05) is 30.3 Å². The molecule has 0 N–H and O–H groups in total. The summed E-state index contributed by atoms with van der Waals surface area (Å²) in [5, 5.41) is -0.0951. The minimum atomic E-state index is -0.0951. The Morgan fingerprint density at radius 3 is 2.27 bits per heavy atom. The highest BCUT2D eigenvalue weighted by molar-refractivity contribution is 6.21. The first kappa shape index (κ1) is 16.9. The van der Waals surface area contributed by atoms with Crippen molar-refractivity contribution in [2.75, 3.05) is 13.7 Å². The van der Waals surface area contributed by atoms with Crippen molar-refractivity contribution in [3.8, 4) is 5.75 Å². The molecule has 22 heavy (non-hydrogen) atoms. The van der Waals surface area contributed by atoms with Crippen molar-refractivity contribution in [2.24, 2.45) is 0 Å². The molecular weight excluding hydrogens is 294 g/mol. The third kappa shape index (κ3) is 4.49. The van der Waals surface area contributed by atoms with Crippen LogP contribution in [0.2, 0.25) is 0 Å². The Hall–Kier alpha value is -1.51. The van der Waals surface area contributed by atoms with Crippen LogP contribution in [-0.2, 0) is 6.54 Å². The lowest BCUT2D eigenvalue weighted by molar-refractivity contribution is 0.212. The molecule has 1 unspecified atom stereocenters. The summed E-state index contributed by atoms with van der Waals surface area (Å²) in [6, 6.07) is 18.9. The molecule has 2 aromatic carbocycles. The first-order valence-electron chi connectivity index (χ1n) is 7.66. The first-order chi connectivity index (χ1) is 10.6. The van der Waals surface area contributed by atoms with E-state index in [-0.39, 0.29) is 5.38 Å². The fourth-order valence-corrected chi connectivity index (χ4v) is 2.86. The Bertz CT molecular complexity index is 571. The summed E-state index contributed by atoms with van der Waals surface area (Å²) in [7, 11) is 1.69. The van der Waals surface area contributed by atoms with Gasteiger partial charge in [-0.1, -0.05) is 48.5 Å². The van der Waals surface area contributed by atoms with Gasteiger partial charge in [-0.25, -0.2) is 0 Å². The Balaban J connectivity index is 2.10. The molecule has 0 aliphatic carbocycles. The predicted molar refractivity (Wildman–Crippen MR) is 93.6 cm³/mol. The van der Waals surface area contributed by atoms with E-state index >= 15 is 0 Å². The van der Waals surface area contributed by atoms with Gasteiger partial charge < -0.3 is 4.74 Å². The molecule has 0 heterocycles. The van der Waals surface area contributed by atoms with Crippen LogP contribution in [0.15, 0.2) is 54.6 Å². The highest BCUT2D eigenvalue weighted by atomic mass is 35.5. The van der Waals surface area contributed by atoms with Gasteiger partial charge in [0.15, 0.2) is 0 Å². The average molecular weight is 318 g/mol. The fraction of sp³-hybridized carbons (Fsp3) is 0.368. The van der Waals surface area contributed by atoms with E-state index in [4.69, 9.17) is 16.3 Å². The van der Waals surface area contributed by atoms with Crippen LogP contribution < -0.4 is 4.74 Å². The Morgan fingerprint density at radius 2 is 1.64 bits per heavy atom. The molecule has 2 rings (SSSR count). The van der Waals surface area contributed by atoms with E-state index in [1.165, 1.54) is 5.56 Å². The molecule has 2 nitrogen and oxygen atoms in total. The van der Waals surface area contributed by atoms with Gasteiger partial charge in [0.05, 0.1) is 12.5 Å². The molecule has 3 heteroatoms. The van der Waals surface area contributed by atoms with Gasteiger partial charge in [-0.05, 0) is 25.5 Å². The number of methoxy groups -OCH3 is 1. The molecule has 0 spiro atoms. The number of ether oxygens (including phenoxy) is 1. The van der Waals surface area contributed by atoms with E-state index in [2.05, 4.69) is 43.0 Å². The number of rotatable bonds is 7. The van der Waals surface area contributed by atoms with Crippen molar-refractivity contribution in [2.45, 2.75) is 31.8 Å². The number of benzene rings is 2.